The summed E-state index contributed by atoms with van der Waals surface area (Å²) in [5.74, 6) is -3.64. The molecule has 1 aromatic heterocycles. The molecule has 0 unspecified atom stereocenters. The average Bonchev–Trinajstić information content (AvgIpc) is 2.74. The number of aromatic nitrogens is 2. The Bertz CT molecular complexity index is 1010. The topological polar surface area (TPSA) is 124 Å². The van der Waals surface area contributed by atoms with Crippen molar-refractivity contribution in [1.29, 1.82) is 0 Å². The first-order valence-electron chi connectivity index (χ1n) is 9.40. The molecule has 32 heavy (non-hydrogen) atoms. The van der Waals surface area contributed by atoms with Crippen LogP contribution in [0.2, 0.25) is 0 Å². The fourth-order valence-corrected chi connectivity index (χ4v) is 2.38. The van der Waals surface area contributed by atoms with Gasteiger partial charge in [-0.15, -0.1) is 0 Å². The van der Waals surface area contributed by atoms with Crippen LogP contribution >= 0.6 is 0 Å². The lowest BCUT2D eigenvalue weighted by Crippen LogP contribution is -2.15. The molecule has 12 heteroatoms. The summed E-state index contributed by atoms with van der Waals surface area (Å²) >= 11 is 0. The van der Waals surface area contributed by atoms with Gasteiger partial charge in [0.1, 0.15) is 12.4 Å². The largest absolute Gasteiger partial charge is 0.494 e. The van der Waals surface area contributed by atoms with E-state index in [9.17, 15) is 18.0 Å². The maximum atomic E-state index is 14.3. The smallest absolute Gasteiger partial charge is 0.327 e. The number of ether oxygens (including phenoxy) is 2. The summed E-state index contributed by atoms with van der Waals surface area (Å²) in [5, 5.41) is 5.21. The molecule has 0 spiro atoms. The van der Waals surface area contributed by atoms with E-state index < -0.39 is 30.0 Å². The van der Waals surface area contributed by atoms with Crippen molar-refractivity contribution in [3.05, 3.63) is 53.2 Å². The summed E-state index contributed by atoms with van der Waals surface area (Å²) in [6.07, 6.45) is 2.99. The van der Waals surface area contributed by atoms with E-state index in [1.165, 1.54) is 13.3 Å². The van der Waals surface area contributed by atoms with Gasteiger partial charge in [-0.25, -0.2) is 18.2 Å². The summed E-state index contributed by atoms with van der Waals surface area (Å²) in [7, 11) is 1.24. The van der Waals surface area contributed by atoms with Gasteiger partial charge in [0.25, 0.3) is 0 Å². The van der Waals surface area contributed by atoms with Gasteiger partial charge in [-0.3, -0.25) is 9.79 Å². The molecule has 0 atom stereocenters. The number of halogens is 3. The number of carbonyl (C=O) groups excluding carboxylic acids is 1. The Balaban J connectivity index is 2.08. The molecule has 0 aliphatic carbocycles. The Morgan fingerprint density at radius 1 is 1.28 bits per heavy atom. The number of anilines is 2. The van der Waals surface area contributed by atoms with E-state index >= 15 is 0 Å². The highest BCUT2D eigenvalue weighted by molar-refractivity contribution is 5.84. The van der Waals surface area contributed by atoms with Crippen molar-refractivity contribution >= 4 is 24.0 Å². The number of carbonyl (C=O) groups is 1. The monoisotopic (exact) mass is 452 g/mol. The van der Waals surface area contributed by atoms with Crippen LogP contribution in [0.15, 0.2) is 35.2 Å². The second-order valence-electron chi connectivity index (χ2n) is 6.54. The normalized spacial score (nSPS) is 11.7. The lowest BCUT2D eigenvalue weighted by atomic mass is 10.2. The van der Waals surface area contributed by atoms with Crippen LogP contribution in [0.1, 0.15) is 19.4 Å². The molecule has 9 nitrogen and oxygen atoms in total. The molecule has 0 bridgehead atoms. The lowest BCUT2D eigenvalue weighted by molar-refractivity contribution is -0.145. The quantitative estimate of drug-likeness (QED) is 0.371. The number of benzene rings is 1. The van der Waals surface area contributed by atoms with E-state index in [1.54, 1.807) is 13.8 Å². The van der Waals surface area contributed by atoms with Crippen molar-refractivity contribution in [3.63, 3.8) is 0 Å². The molecule has 0 aliphatic heterocycles. The van der Waals surface area contributed by atoms with E-state index in [0.717, 1.165) is 24.5 Å². The third kappa shape index (κ3) is 6.86. The predicted molar refractivity (Wildman–Crippen MR) is 113 cm³/mol. The van der Waals surface area contributed by atoms with Gasteiger partial charge in [0.05, 0.1) is 25.1 Å². The number of nitrogens with one attached hydrogen (secondary N) is 2. The zero-order valence-corrected chi connectivity index (χ0v) is 17.7. The maximum absolute atomic E-state index is 14.3. The third-order valence-corrected chi connectivity index (χ3v) is 3.80. The Labute approximate surface area is 182 Å². The molecule has 2 rings (SSSR count). The van der Waals surface area contributed by atoms with Crippen LogP contribution in [-0.2, 0) is 16.1 Å². The van der Waals surface area contributed by atoms with Gasteiger partial charge in [0.15, 0.2) is 23.2 Å². The fraction of sp³-hybridized carbons (Fsp3) is 0.300. The van der Waals surface area contributed by atoms with Gasteiger partial charge in [-0.2, -0.15) is 4.98 Å². The van der Waals surface area contributed by atoms with Crippen LogP contribution in [0.4, 0.5) is 24.9 Å². The number of hydrogen-bond acceptors (Lipinski definition) is 9. The Kier molecular flexibility index (Phi) is 8.81. The first-order chi connectivity index (χ1) is 15.2. The number of methoxy groups -OCH3 is 1. The number of rotatable bonds is 10. The number of nitrogens with zero attached hydrogens (tertiary/aromatic N) is 3. The van der Waals surface area contributed by atoms with Crippen molar-refractivity contribution in [3.8, 4) is 5.75 Å². The average molecular weight is 452 g/mol. The van der Waals surface area contributed by atoms with Crippen molar-refractivity contribution in [2.24, 2.45) is 10.7 Å². The third-order valence-electron chi connectivity index (χ3n) is 3.80. The molecule has 0 aliphatic rings. The van der Waals surface area contributed by atoms with Crippen LogP contribution in [0, 0.1) is 17.5 Å². The zero-order chi connectivity index (χ0) is 23.7. The van der Waals surface area contributed by atoms with E-state index in [2.05, 4.69) is 25.6 Å². The summed E-state index contributed by atoms with van der Waals surface area (Å²) in [6, 6.07) is 2.18. The minimum absolute atomic E-state index is 0.0756. The van der Waals surface area contributed by atoms with Gasteiger partial charge in [0, 0.05) is 24.5 Å². The number of allylic oxidation sites excluding steroid dienone is 1. The predicted octanol–water partition coefficient (Wildman–Crippen LogP) is 2.75. The lowest BCUT2D eigenvalue weighted by Gasteiger charge is -2.12. The SMILES string of the molecule is COc1ccc(F)c(CNc2nc(NC(C=NCC(=O)OC(C)C)=CN)ncc2F)c1F. The highest BCUT2D eigenvalue weighted by Gasteiger charge is 2.16. The first kappa shape index (κ1) is 24.4. The Morgan fingerprint density at radius 2 is 2.03 bits per heavy atom. The van der Waals surface area contributed by atoms with E-state index in [1.807, 2.05) is 0 Å². The highest BCUT2D eigenvalue weighted by Crippen LogP contribution is 2.24. The molecule has 1 aromatic carbocycles. The summed E-state index contributed by atoms with van der Waals surface area (Å²) < 4.78 is 52.1. The van der Waals surface area contributed by atoms with Crippen molar-refractivity contribution in [1.82, 2.24) is 9.97 Å². The number of hydrogen-bond donors (Lipinski definition) is 3. The summed E-state index contributed by atoms with van der Waals surface area (Å²) in [6.45, 7) is 2.79. The second kappa shape index (κ2) is 11.5. The molecular weight excluding hydrogens is 429 g/mol. The zero-order valence-electron chi connectivity index (χ0n) is 17.7. The minimum Gasteiger partial charge on any atom is -0.494 e. The van der Waals surface area contributed by atoms with Gasteiger partial charge < -0.3 is 25.8 Å². The van der Waals surface area contributed by atoms with Gasteiger partial charge >= 0.3 is 5.97 Å². The van der Waals surface area contributed by atoms with Gasteiger partial charge in [-0.05, 0) is 26.0 Å². The molecule has 1 heterocycles. The van der Waals surface area contributed by atoms with Crippen molar-refractivity contribution in [2.45, 2.75) is 26.5 Å². The van der Waals surface area contributed by atoms with Crippen LogP contribution in [0.3, 0.4) is 0 Å². The van der Waals surface area contributed by atoms with Gasteiger partial charge in [0.2, 0.25) is 5.95 Å². The van der Waals surface area contributed by atoms with Gasteiger partial charge in [-0.1, -0.05) is 0 Å². The van der Waals surface area contributed by atoms with E-state index in [4.69, 9.17) is 15.2 Å². The van der Waals surface area contributed by atoms with E-state index in [0.29, 0.717) is 0 Å². The highest BCUT2D eigenvalue weighted by atomic mass is 19.1. The summed E-state index contributed by atoms with van der Waals surface area (Å²) in [4.78, 5) is 23.1. The molecule has 2 aromatic rings. The molecule has 0 radical (unpaired) electrons. The molecule has 4 N–H and O–H groups in total. The Hall–Kier alpha value is -3.83. The van der Waals surface area contributed by atoms with Crippen molar-refractivity contribution < 1.29 is 27.4 Å². The van der Waals surface area contributed by atoms with Crippen LogP contribution in [0.25, 0.3) is 0 Å². The van der Waals surface area contributed by atoms with Crippen LogP contribution in [0.5, 0.6) is 5.75 Å². The van der Waals surface area contributed by atoms with Crippen LogP contribution < -0.4 is 21.1 Å². The molecule has 0 amide bonds. The molecular formula is C20H23F3N6O3. The first-order valence-corrected chi connectivity index (χ1v) is 9.40. The number of esters is 1. The maximum Gasteiger partial charge on any atom is 0.327 e. The fourth-order valence-electron chi connectivity index (χ4n) is 2.38. The molecule has 0 fully saturated rings. The standard InChI is InChI=1S/C20H23F3N6O3/c1-11(2)32-17(30)10-25-7-12(6-24)28-20-27-9-15(22)19(29-20)26-8-13-14(21)4-5-16(31-3)18(13)23/h4-7,9,11H,8,10,24H2,1-3H3,(H2,26,27,28,29). The number of aliphatic imine (C=N–C) groups is 1. The molecule has 172 valence electrons. The minimum atomic E-state index is -0.909. The Morgan fingerprint density at radius 3 is 2.69 bits per heavy atom. The van der Waals surface area contributed by atoms with Crippen molar-refractivity contribution in [2.75, 3.05) is 24.3 Å². The number of nitrogens with two attached hydrogens (primary N) is 1. The van der Waals surface area contributed by atoms with Crippen LogP contribution in [-0.4, -0.2) is 41.9 Å². The van der Waals surface area contributed by atoms with E-state index in [-0.39, 0.29) is 41.4 Å². The molecule has 0 saturated carbocycles. The second-order valence-corrected chi connectivity index (χ2v) is 6.54. The summed E-state index contributed by atoms with van der Waals surface area (Å²) in [5.41, 5.74) is 5.37. The molecule has 0 saturated heterocycles.